The van der Waals surface area contributed by atoms with Gasteiger partial charge in [-0.2, -0.15) is 8.78 Å². The summed E-state index contributed by atoms with van der Waals surface area (Å²) in [6.07, 6.45) is 3.42. The van der Waals surface area contributed by atoms with Crippen molar-refractivity contribution in [1.82, 2.24) is 14.5 Å². The summed E-state index contributed by atoms with van der Waals surface area (Å²) in [5.41, 5.74) is 4.32. The van der Waals surface area contributed by atoms with Crippen LogP contribution >= 0.6 is 12.4 Å². The SMILES string of the molecule is Cl.Cn1c(=O)c(C(F)(F)c2ccc(C(=N)N)cc2)nc2cc(C3(C(=O)N4CCCC4)CC3)ccc21. The third-order valence-corrected chi connectivity index (χ3v) is 7.04. The molecule has 3 aromatic rings. The number of nitrogens with one attached hydrogen (secondary N) is 1. The molecular formula is C25H26ClF2N5O2. The van der Waals surface area contributed by atoms with Crippen molar-refractivity contribution in [2.45, 2.75) is 37.0 Å². The van der Waals surface area contributed by atoms with Crippen LogP contribution in [0.1, 0.15) is 48.1 Å². The van der Waals surface area contributed by atoms with E-state index < -0.39 is 28.2 Å². The summed E-state index contributed by atoms with van der Waals surface area (Å²) in [6.45, 7) is 1.50. The molecule has 1 aliphatic heterocycles. The van der Waals surface area contributed by atoms with Crippen LogP contribution in [0, 0.1) is 5.41 Å². The predicted molar refractivity (Wildman–Crippen MR) is 131 cm³/mol. The fourth-order valence-corrected chi connectivity index (χ4v) is 4.81. The first-order valence-electron chi connectivity index (χ1n) is 11.3. The molecule has 0 bridgehead atoms. The number of nitrogens with two attached hydrogens (primary N) is 1. The molecule has 1 saturated heterocycles. The number of alkyl halides is 2. The van der Waals surface area contributed by atoms with Gasteiger partial charge >= 0.3 is 5.92 Å². The van der Waals surface area contributed by atoms with Crippen molar-refractivity contribution in [2.24, 2.45) is 12.8 Å². The highest BCUT2D eigenvalue weighted by molar-refractivity contribution is 5.95. The number of hydrogen-bond acceptors (Lipinski definition) is 4. The lowest BCUT2D eigenvalue weighted by Crippen LogP contribution is -2.37. The second kappa shape index (κ2) is 8.71. The largest absolute Gasteiger partial charge is 0.384 e. The molecular weight excluding hydrogens is 476 g/mol. The van der Waals surface area contributed by atoms with Crippen molar-refractivity contribution < 1.29 is 13.6 Å². The van der Waals surface area contributed by atoms with E-state index >= 15 is 8.78 Å². The number of carbonyl (C=O) groups excluding carboxylic acids is 1. The number of fused-ring (bicyclic) bond motifs is 1. The number of hydrogen-bond donors (Lipinski definition) is 2. The van der Waals surface area contributed by atoms with E-state index in [1.54, 1.807) is 12.1 Å². The Morgan fingerprint density at radius 3 is 2.31 bits per heavy atom. The van der Waals surface area contributed by atoms with Gasteiger partial charge in [0, 0.05) is 31.3 Å². The number of aromatic nitrogens is 2. The molecule has 1 aliphatic carbocycles. The van der Waals surface area contributed by atoms with Crippen molar-refractivity contribution in [3.05, 3.63) is 75.2 Å². The van der Waals surface area contributed by atoms with E-state index in [1.807, 2.05) is 11.0 Å². The summed E-state index contributed by atoms with van der Waals surface area (Å²) in [5, 5.41) is 7.44. The first-order chi connectivity index (χ1) is 16.1. The topological polar surface area (TPSA) is 105 Å². The van der Waals surface area contributed by atoms with E-state index in [-0.39, 0.29) is 29.7 Å². The van der Waals surface area contributed by atoms with Gasteiger partial charge in [0.15, 0.2) is 5.69 Å². The highest BCUT2D eigenvalue weighted by Crippen LogP contribution is 2.50. The number of nitrogens with zero attached hydrogens (tertiary/aromatic N) is 3. The van der Waals surface area contributed by atoms with Crippen molar-refractivity contribution >= 4 is 35.2 Å². The van der Waals surface area contributed by atoms with Gasteiger partial charge in [0.05, 0.1) is 16.4 Å². The third kappa shape index (κ3) is 3.97. The smallest absolute Gasteiger partial charge is 0.320 e. The van der Waals surface area contributed by atoms with Crippen molar-refractivity contribution in [3.63, 3.8) is 0 Å². The summed E-state index contributed by atoms with van der Waals surface area (Å²) in [6, 6.07) is 10.1. The van der Waals surface area contributed by atoms with Crippen LogP contribution in [-0.2, 0) is 23.2 Å². The Balaban J connectivity index is 0.00000289. The molecule has 3 N–H and O–H groups in total. The average Bonchev–Trinajstić information content (AvgIpc) is 3.46. The van der Waals surface area contributed by atoms with E-state index in [0.717, 1.165) is 43.6 Å². The number of likely N-dealkylation sites (tertiary alicyclic amines) is 1. The Bertz CT molecular complexity index is 1380. The fraction of sp³-hybridized carbons (Fsp3) is 0.360. The Kier molecular flexibility index (Phi) is 6.17. The van der Waals surface area contributed by atoms with Crippen LogP contribution in [0.4, 0.5) is 8.78 Å². The van der Waals surface area contributed by atoms with E-state index in [1.165, 1.54) is 23.7 Å². The summed E-state index contributed by atoms with van der Waals surface area (Å²) in [5.74, 6) is -3.80. The fourth-order valence-electron chi connectivity index (χ4n) is 4.81. The van der Waals surface area contributed by atoms with Crippen LogP contribution in [0.3, 0.4) is 0 Å². The molecule has 2 aliphatic rings. The lowest BCUT2D eigenvalue weighted by atomic mass is 9.93. The highest BCUT2D eigenvalue weighted by atomic mass is 35.5. The Morgan fingerprint density at radius 1 is 1.11 bits per heavy atom. The Hall–Kier alpha value is -3.33. The standard InChI is InChI=1S/C25H25F2N5O2.ClH/c1-31-19-9-8-17(24(10-11-24)23(34)32-12-2-3-13-32)14-18(19)30-20(22(31)33)25(26,27)16-6-4-15(5-7-16)21(28)29;/h4-9,14H,2-3,10-13H2,1H3,(H3,28,29);1H. The van der Waals surface area contributed by atoms with Crippen LogP contribution in [0.5, 0.6) is 0 Å². The van der Waals surface area contributed by atoms with Crippen molar-refractivity contribution in [1.29, 1.82) is 5.41 Å². The molecule has 7 nitrogen and oxygen atoms in total. The maximum atomic E-state index is 15.4. The summed E-state index contributed by atoms with van der Waals surface area (Å²) < 4.78 is 32.1. The predicted octanol–water partition coefficient (Wildman–Crippen LogP) is 3.43. The van der Waals surface area contributed by atoms with Crippen molar-refractivity contribution in [2.75, 3.05) is 13.1 Å². The normalized spacial score (nSPS) is 16.7. The maximum absolute atomic E-state index is 15.4. The number of rotatable bonds is 5. The van der Waals surface area contributed by atoms with E-state index in [4.69, 9.17) is 11.1 Å². The highest BCUT2D eigenvalue weighted by Gasteiger charge is 2.53. The van der Waals surface area contributed by atoms with Gasteiger partial charge in [-0.25, -0.2) is 4.98 Å². The number of carbonyl (C=O) groups is 1. The van der Waals surface area contributed by atoms with Gasteiger partial charge in [0.1, 0.15) is 5.84 Å². The van der Waals surface area contributed by atoms with Crippen LogP contribution in [0.2, 0.25) is 0 Å². The summed E-state index contributed by atoms with van der Waals surface area (Å²) >= 11 is 0. The molecule has 2 aromatic carbocycles. The molecule has 1 aromatic heterocycles. The third-order valence-electron chi connectivity index (χ3n) is 7.04. The zero-order valence-corrected chi connectivity index (χ0v) is 20.0. The van der Waals surface area contributed by atoms with E-state index in [9.17, 15) is 9.59 Å². The van der Waals surface area contributed by atoms with Gasteiger partial charge in [-0.3, -0.25) is 15.0 Å². The first kappa shape index (κ1) is 24.8. The van der Waals surface area contributed by atoms with Crippen LogP contribution in [0.25, 0.3) is 11.0 Å². The lowest BCUT2D eigenvalue weighted by Gasteiger charge is -2.23. The first-order valence-corrected chi connectivity index (χ1v) is 11.3. The quantitative estimate of drug-likeness (QED) is 0.412. The van der Waals surface area contributed by atoms with Gasteiger partial charge in [0.2, 0.25) is 5.91 Å². The van der Waals surface area contributed by atoms with Crippen LogP contribution < -0.4 is 11.3 Å². The molecule has 184 valence electrons. The van der Waals surface area contributed by atoms with E-state index in [0.29, 0.717) is 23.9 Å². The van der Waals surface area contributed by atoms with Gasteiger partial charge in [-0.1, -0.05) is 30.3 Å². The minimum atomic E-state index is -3.66. The van der Waals surface area contributed by atoms with Crippen LogP contribution in [0.15, 0.2) is 47.3 Å². The summed E-state index contributed by atoms with van der Waals surface area (Å²) in [7, 11) is 1.44. The van der Waals surface area contributed by atoms with Gasteiger partial charge < -0.3 is 15.2 Å². The molecule has 35 heavy (non-hydrogen) atoms. The second-order valence-electron chi connectivity index (χ2n) is 9.17. The number of amides is 1. The molecule has 0 atom stereocenters. The molecule has 0 spiro atoms. The molecule has 0 radical (unpaired) electrons. The van der Waals surface area contributed by atoms with Crippen LogP contribution in [-0.4, -0.2) is 39.3 Å². The zero-order valence-electron chi connectivity index (χ0n) is 19.2. The number of amidine groups is 1. The molecule has 2 heterocycles. The lowest BCUT2D eigenvalue weighted by molar-refractivity contribution is -0.132. The minimum absolute atomic E-state index is 0. The maximum Gasteiger partial charge on any atom is 0.320 e. The van der Waals surface area contributed by atoms with Crippen molar-refractivity contribution in [3.8, 4) is 0 Å². The number of halogens is 3. The monoisotopic (exact) mass is 501 g/mol. The Labute approximate surface area is 206 Å². The Morgan fingerprint density at radius 2 is 1.74 bits per heavy atom. The molecule has 5 rings (SSSR count). The average molecular weight is 502 g/mol. The zero-order chi connectivity index (χ0) is 24.3. The number of benzene rings is 2. The summed E-state index contributed by atoms with van der Waals surface area (Å²) in [4.78, 5) is 32.0. The van der Waals surface area contributed by atoms with Gasteiger partial charge in [-0.05, 0) is 43.4 Å². The molecule has 0 unspecified atom stereocenters. The van der Waals surface area contributed by atoms with Gasteiger partial charge in [0.25, 0.3) is 5.56 Å². The second-order valence-corrected chi connectivity index (χ2v) is 9.17. The van der Waals surface area contributed by atoms with E-state index in [2.05, 4.69) is 4.98 Å². The molecule has 2 fully saturated rings. The molecule has 10 heteroatoms. The molecule has 1 saturated carbocycles. The number of nitrogen functional groups attached to an aromatic ring is 1. The minimum Gasteiger partial charge on any atom is -0.384 e. The number of aryl methyl sites for hydroxylation is 1. The molecule has 1 amide bonds. The van der Waals surface area contributed by atoms with Gasteiger partial charge in [-0.15, -0.1) is 12.4 Å².